The Bertz CT molecular complexity index is 6.00. The zero-order chi connectivity index (χ0) is 2.00. The van der Waals surface area contributed by atoms with Gasteiger partial charge in [0.1, 0.15) is 0 Å². The molecule has 0 bridgehead atoms. The van der Waals surface area contributed by atoms with Gasteiger partial charge in [0.15, 0.2) is 0 Å². The van der Waals surface area contributed by atoms with E-state index in [0.29, 0.717) is 0 Å². The normalized spacial score (nSPS) is 1.00. The molecule has 0 rings (SSSR count). The van der Waals surface area contributed by atoms with Gasteiger partial charge in [-0.2, -0.15) is 0 Å². The van der Waals surface area contributed by atoms with Crippen molar-refractivity contribution in [2.24, 2.45) is 0 Å². The van der Waals surface area contributed by atoms with Crippen LogP contribution < -0.4 is 0 Å². The van der Waals surface area contributed by atoms with E-state index in [1.807, 2.05) is 0 Å². The minimum absolute atomic E-state index is 0. The molecule has 0 spiro atoms. The van der Waals surface area contributed by atoms with Crippen molar-refractivity contribution in [1.82, 2.24) is 0 Å². The Hall–Kier alpha value is 1.61. The third-order valence-electron chi connectivity index (χ3n) is 0. The summed E-state index contributed by atoms with van der Waals surface area (Å²) in [4.78, 5) is 0. The Balaban J connectivity index is -0.00000000500. The molecular formula is Cr2NbO. The summed E-state index contributed by atoms with van der Waals surface area (Å²) in [5, 5.41) is 0. The molecule has 0 aromatic heterocycles. The second-order valence-electron chi connectivity index (χ2n) is 0. The topological polar surface area (TPSA) is 17.1 Å². The van der Waals surface area contributed by atoms with Crippen molar-refractivity contribution >= 4 is 0 Å². The van der Waals surface area contributed by atoms with Gasteiger partial charge in [0.05, 0.1) is 0 Å². The summed E-state index contributed by atoms with van der Waals surface area (Å²) in [6, 6.07) is 0. The summed E-state index contributed by atoms with van der Waals surface area (Å²) in [6.07, 6.45) is 0. The van der Waals surface area contributed by atoms with Gasteiger partial charge in [0.2, 0.25) is 0 Å². The first-order chi connectivity index (χ1) is 1.00. The Morgan fingerprint density at radius 2 is 1.25 bits per heavy atom. The van der Waals surface area contributed by atoms with Crippen LogP contribution >= 0.6 is 0 Å². The van der Waals surface area contributed by atoms with Crippen molar-refractivity contribution in [3.8, 4) is 0 Å². The molecule has 0 aliphatic heterocycles. The molecule has 0 saturated heterocycles. The first-order valence-corrected chi connectivity index (χ1v) is 0.687. The van der Waals surface area contributed by atoms with Crippen LogP contribution in [0.4, 0.5) is 0 Å². The van der Waals surface area contributed by atoms with E-state index in [1.54, 1.807) is 0 Å². The molecule has 0 aromatic rings. The van der Waals surface area contributed by atoms with Crippen molar-refractivity contribution in [2.75, 3.05) is 0 Å². The standard InChI is InChI=1S/2Cr.Nb.O. The van der Waals surface area contributed by atoms with E-state index in [9.17, 15) is 0 Å². The SMILES string of the molecule is [Cr].[Nb].[O]=[Cr]. The van der Waals surface area contributed by atoms with E-state index in [0.717, 1.165) is 0 Å². The van der Waals surface area contributed by atoms with Gasteiger partial charge >= 0.3 is 20.0 Å². The first-order valence-electron chi connectivity index (χ1n) is 0.167. The number of hydrogen-bond donors (Lipinski definition) is 0. The van der Waals surface area contributed by atoms with Crippen molar-refractivity contribution in [3.05, 3.63) is 0 Å². The molecular weight excluding hydrogens is 213 g/mol. The van der Waals surface area contributed by atoms with Gasteiger partial charge in [-0.05, 0) is 0 Å². The molecule has 0 unspecified atom stereocenters. The predicted molar refractivity (Wildman–Crippen MR) is 0.686 cm³/mol. The number of rotatable bonds is 0. The molecule has 1 radical (unpaired) electrons. The molecule has 4 heavy (non-hydrogen) atoms. The summed E-state index contributed by atoms with van der Waals surface area (Å²) in [7, 11) is 0. The Kier molecular flexibility index (Phi) is 102. The second kappa shape index (κ2) is 23.2. The van der Waals surface area contributed by atoms with E-state index in [-0.39, 0.29) is 39.7 Å². The summed E-state index contributed by atoms with van der Waals surface area (Å²) in [5.41, 5.74) is 0. The average Bonchev–Trinajstić information content (AvgIpc) is 1.00. The Morgan fingerprint density at radius 1 is 1.25 bits per heavy atom. The van der Waals surface area contributed by atoms with E-state index in [4.69, 9.17) is 3.80 Å². The Morgan fingerprint density at radius 3 is 1.25 bits per heavy atom. The predicted octanol–water partition coefficient (Wildman–Crippen LogP) is -0.126. The molecule has 0 aliphatic carbocycles. The fourth-order valence-corrected chi connectivity index (χ4v) is 0. The van der Waals surface area contributed by atoms with Crippen LogP contribution in [0, 0.1) is 0 Å². The van der Waals surface area contributed by atoms with Crippen LogP contribution in [-0.4, -0.2) is 0 Å². The summed E-state index contributed by atoms with van der Waals surface area (Å²) in [6.45, 7) is 0. The van der Waals surface area contributed by atoms with Gasteiger partial charge in [0, 0.05) is 39.7 Å². The molecule has 0 heterocycles. The third kappa shape index (κ3) is 9.50. The van der Waals surface area contributed by atoms with Crippen LogP contribution in [0.1, 0.15) is 0 Å². The molecule has 0 fully saturated rings. The fourth-order valence-electron chi connectivity index (χ4n) is 0. The van der Waals surface area contributed by atoms with Crippen LogP contribution in [0.5, 0.6) is 0 Å². The molecule has 0 N–H and O–H groups in total. The monoisotopic (exact) mass is 213 g/mol. The van der Waals surface area contributed by atoms with Crippen LogP contribution in [0.2, 0.25) is 0 Å². The van der Waals surface area contributed by atoms with Crippen LogP contribution in [0.25, 0.3) is 0 Å². The van der Waals surface area contributed by atoms with Crippen molar-refractivity contribution < 1.29 is 59.8 Å². The van der Waals surface area contributed by atoms with Crippen molar-refractivity contribution in [1.29, 1.82) is 0 Å². The zero-order valence-corrected chi connectivity index (χ0v) is 6.42. The van der Waals surface area contributed by atoms with Crippen molar-refractivity contribution in [2.45, 2.75) is 0 Å². The maximum absolute atomic E-state index is 8.12. The third-order valence-corrected chi connectivity index (χ3v) is 0. The molecule has 0 saturated carbocycles. The first kappa shape index (κ1) is 17.5. The zero-order valence-electron chi connectivity index (χ0n) is 1.67. The van der Waals surface area contributed by atoms with Crippen molar-refractivity contribution in [3.63, 3.8) is 0 Å². The van der Waals surface area contributed by atoms with Crippen LogP contribution in [0.15, 0.2) is 0 Å². The van der Waals surface area contributed by atoms with Gasteiger partial charge in [0.25, 0.3) is 0 Å². The van der Waals surface area contributed by atoms with Crippen LogP contribution in [-0.2, 0) is 59.8 Å². The summed E-state index contributed by atoms with van der Waals surface area (Å²) < 4.78 is 8.12. The van der Waals surface area contributed by atoms with Gasteiger partial charge in [-0.3, -0.25) is 0 Å². The van der Waals surface area contributed by atoms with Gasteiger partial charge < -0.3 is 0 Å². The van der Waals surface area contributed by atoms with Gasteiger partial charge in [-0.1, -0.05) is 0 Å². The minimum atomic E-state index is 0. The maximum atomic E-state index is 8.12. The molecule has 0 atom stereocenters. The van der Waals surface area contributed by atoms with Crippen LogP contribution in [0.3, 0.4) is 0 Å². The summed E-state index contributed by atoms with van der Waals surface area (Å²) in [5.74, 6) is 0. The van der Waals surface area contributed by atoms with E-state index in [2.05, 4.69) is 0 Å². The summed E-state index contributed by atoms with van der Waals surface area (Å²) >= 11 is 1.38. The van der Waals surface area contributed by atoms with E-state index >= 15 is 0 Å². The van der Waals surface area contributed by atoms with Gasteiger partial charge in [-0.15, -0.1) is 0 Å². The quantitative estimate of drug-likeness (QED) is 0.512. The second-order valence-corrected chi connectivity index (χ2v) is 0. The van der Waals surface area contributed by atoms with Gasteiger partial charge in [-0.25, -0.2) is 0 Å². The van der Waals surface area contributed by atoms with E-state index < -0.39 is 0 Å². The average molecular weight is 213 g/mol. The molecule has 4 heteroatoms. The molecule has 0 aliphatic rings. The van der Waals surface area contributed by atoms with E-state index in [1.165, 1.54) is 16.2 Å². The Labute approximate surface area is 59.4 Å². The molecule has 0 amide bonds. The molecule has 1 nitrogen and oxygen atoms in total. The molecule has 0 aromatic carbocycles. The fraction of sp³-hybridized carbons (Fsp3) is 0. The number of hydrogen-bond acceptors (Lipinski definition) is 1. The molecule has 23 valence electrons.